The molecular weight excluding hydrogens is 397 g/mol. The van der Waals surface area contributed by atoms with Crippen molar-refractivity contribution < 1.29 is 37.2 Å². The number of carbonyl (C=O) groups is 1. The number of phosphoric acid groups is 1. The number of imidazole rings is 1. The lowest BCUT2D eigenvalue weighted by atomic mass is 10.2. The van der Waals surface area contributed by atoms with Gasteiger partial charge in [0.15, 0.2) is 0 Å². The standard InChI is InChI=1S/C17H13F2N2O6P/c18-17(19)26-11-7-4-10(5-8-11)6-9-14-20-13-3-1-2-12(15(13)21-14)16(22)27-28(23,24)25/h1-9,17H,(H,20,21)(H2,23,24,25)/b9-6+. The van der Waals surface area contributed by atoms with Crippen LogP contribution in [-0.2, 0) is 9.09 Å². The van der Waals surface area contributed by atoms with E-state index in [0.29, 0.717) is 16.9 Å². The van der Waals surface area contributed by atoms with Gasteiger partial charge in [0, 0.05) is 0 Å². The van der Waals surface area contributed by atoms with E-state index in [1.54, 1.807) is 30.4 Å². The van der Waals surface area contributed by atoms with E-state index in [-0.39, 0.29) is 16.8 Å². The molecule has 1 heterocycles. The largest absolute Gasteiger partial charge is 0.527 e. The Labute approximate surface area is 156 Å². The number of hydrogen-bond donors (Lipinski definition) is 3. The van der Waals surface area contributed by atoms with Gasteiger partial charge >= 0.3 is 20.4 Å². The van der Waals surface area contributed by atoms with Crippen molar-refractivity contribution in [2.45, 2.75) is 6.61 Å². The van der Waals surface area contributed by atoms with E-state index in [0.717, 1.165) is 0 Å². The zero-order valence-electron chi connectivity index (χ0n) is 14.0. The Morgan fingerprint density at radius 2 is 1.86 bits per heavy atom. The van der Waals surface area contributed by atoms with Gasteiger partial charge in [0.2, 0.25) is 0 Å². The molecule has 11 heteroatoms. The topological polar surface area (TPSA) is 122 Å². The highest BCUT2D eigenvalue weighted by atomic mass is 31.2. The first-order chi connectivity index (χ1) is 13.2. The fourth-order valence-electron chi connectivity index (χ4n) is 2.39. The van der Waals surface area contributed by atoms with Gasteiger partial charge in [-0.25, -0.2) is 14.3 Å². The lowest BCUT2D eigenvalue weighted by Crippen LogP contribution is -2.03. The minimum absolute atomic E-state index is 0.0316. The van der Waals surface area contributed by atoms with Crippen molar-refractivity contribution in [2.24, 2.45) is 0 Å². The second-order valence-electron chi connectivity index (χ2n) is 5.47. The summed E-state index contributed by atoms with van der Waals surface area (Å²) in [7, 11) is -4.98. The molecule has 3 N–H and O–H groups in total. The lowest BCUT2D eigenvalue weighted by Gasteiger charge is -2.05. The molecule has 0 unspecified atom stereocenters. The van der Waals surface area contributed by atoms with Gasteiger partial charge in [-0.1, -0.05) is 24.3 Å². The molecule has 146 valence electrons. The maximum Gasteiger partial charge on any atom is 0.527 e. The van der Waals surface area contributed by atoms with Crippen LogP contribution in [-0.4, -0.2) is 32.3 Å². The summed E-state index contributed by atoms with van der Waals surface area (Å²) in [4.78, 5) is 36.6. The van der Waals surface area contributed by atoms with Crippen LogP contribution in [0.2, 0.25) is 0 Å². The van der Waals surface area contributed by atoms with Crippen molar-refractivity contribution in [3.05, 3.63) is 59.4 Å². The van der Waals surface area contributed by atoms with Crippen LogP contribution in [0.4, 0.5) is 8.78 Å². The Kier molecular flexibility index (Phi) is 5.55. The third-order valence-electron chi connectivity index (χ3n) is 3.49. The number of H-pyrrole nitrogens is 1. The van der Waals surface area contributed by atoms with Gasteiger partial charge < -0.3 is 14.2 Å². The van der Waals surface area contributed by atoms with Gasteiger partial charge in [0.25, 0.3) is 0 Å². The molecule has 0 spiro atoms. The monoisotopic (exact) mass is 410 g/mol. The summed E-state index contributed by atoms with van der Waals surface area (Å²) < 4.78 is 43.5. The van der Waals surface area contributed by atoms with Gasteiger partial charge in [0.1, 0.15) is 17.1 Å². The fourth-order valence-corrected chi connectivity index (χ4v) is 2.70. The third kappa shape index (κ3) is 5.01. The summed E-state index contributed by atoms with van der Waals surface area (Å²) in [6.45, 7) is -2.90. The first-order valence-corrected chi connectivity index (χ1v) is 9.25. The number of fused-ring (bicyclic) bond motifs is 1. The average molecular weight is 410 g/mol. The Morgan fingerprint density at radius 3 is 2.50 bits per heavy atom. The van der Waals surface area contributed by atoms with E-state index in [4.69, 9.17) is 9.79 Å². The van der Waals surface area contributed by atoms with Crippen molar-refractivity contribution in [1.82, 2.24) is 9.97 Å². The highest BCUT2D eigenvalue weighted by molar-refractivity contribution is 7.46. The number of nitrogens with zero attached hydrogens (tertiary/aromatic N) is 1. The molecule has 8 nitrogen and oxygen atoms in total. The first-order valence-electron chi connectivity index (χ1n) is 7.72. The number of carbonyl (C=O) groups excluding carboxylic acids is 1. The van der Waals surface area contributed by atoms with Crippen LogP contribution in [0.3, 0.4) is 0 Å². The highest BCUT2D eigenvalue weighted by Crippen LogP contribution is 2.37. The van der Waals surface area contributed by atoms with E-state index in [2.05, 4.69) is 19.2 Å². The van der Waals surface area contributed by atoms with Crippen molar-refractivity contribution >= 4 is 37.0 Å². The number of rotatable bonds is 6. The predicted octanol–water partition coefficient (Wildman–Crippen LogP) is 3.58. The average Bonchev–Trinajstić information content (AvgIpc) is 3.02. The number of para-hydroxylation sites is 1. The maximum absolute atomic E-state index is 12.1. The summed E-state index contributed by atoms with van der Waals surface area (Å²) in [5.74, 6) is -0.806. The molecule has 0 amide bonds. The van der Waals surface area contributed by atoms with Crippen molar-refractivity contribution in [3.63, 3.8) is 0 Å². The van der Waals surface area contributed by atoms with Gasteiger partial charge in [-0.3, -0.25) is 9.79 Å². The molecule has 1 aromatic heterocycles. The molecule has 0 saturated heterocycles. The number of benzene rings is 2. The van der Waals surface area contributed by atoms with Crippen LogP contribution >= 0.6 is 7.82 Å². The lowest BCUT2D eigenvalue weighted by molar-refractivity contribution is -0.0498. The fraction of sp³-hybridized carbons (Fsp3) is 0.0588. The molecule has 0 aliphatic heterocycles. The summed E-state index contributed by atoms with van der Waals surface area (Å²) in [6.07, 6.45) is 3.23. The van der Waals surface area contributed by atoms with Crippen LogP contribution in [0.1, 0.15) is 21.7 Å². The summed E-state index contributed by atoms with van der Waals surface area (Å²) >= 11 is 0. The van der Waals surface area contributed by atoms with E-state index in [9.17, 15) is 18.1 Å². The molecule has 0 aliphatic carbocycles. The molecule has 3 rings (SSSR count). The quantitative estimate of drug-likeness (QED) is 0.531. The molecule has 0 atom stereocenters. The van der Waals surface area contributed by atoms with Gasteiger partial charge in [-0.05, 0) is 35.9 Å². The molecule has 0 fully saturated rings. The van der Waals surface area contributed by atoms with Crippen LogP contribution < -0.4 is 4.74 Å². The van der Waals surface area contributed by atoms with Crippen LogP contribution in [0, 0.1) is 0 Å². The summed E-state index contributed by atoms with van der Waals surface area (Å²) in [5.41, 5.74) is 1.22. The molecule has 0 saturated carbocycles. The van der Waals surface area contributed by atoms with E-state index in [1.165, 1.54) is 24.3 Å². The number of nitrogens with one attached hydrogen (secondary N) is 1. The molecule has 0 radical (unpaired) electrons. The van der Waals surface area contributed by atoms with Gasteiger partial charge in [-0.2, -0.15) is 8.78 Å². The molecule has 28 heavy (non-hydrogen) atoms. The predicted molar refractivity (Wildman–Crippen MR) is 95.6 cm³/mol. The molecule has 0 aliphatic rings. The Bertz CT molecular complexity index is 1070. The highest BCUT2D eigenvalue weighted by Gasteiger charge is 2.24. The molecular formula is C17H13F2N2O6P. The van der Waals surface area contributed by atoms with Crippen molar-refractivity contribution in [3.8, 4) is 5.75 Å². The summed E-state index contributed by atoms with van der Waals surface area (Å²) in [5, 5.41) is 0. The third-order valence-corrected chi connectivity index (χ3v) is 3.90. The SMILES string of the molecule is O=C(OP(=O)(O)O)c1cccc2[nH]c(/C=C/c3ccc(OC(F)F)cc3)nc12. The zero-order chi connectivity index (χ0) is 20.3. The van der Waals surface area contributed by atoms with Crippen LogP contribution in [0.5, 0.6) is 5.75 Å². The number of halogens is 2. The van der Waals surface area contributed by atoms with Crippen LogP contribution in [0.25, 0.3) is 23.2 Å². The summed E-state index contributed by atoms with van der Waals surface area (Å²) in [6, 6.07) is 10.4. The van der Waals surface area contributed by atoms with Gasteiger partial charge in [0.05, 0.1) is 11.1 Å². The Balaban J connectivity index is 1.83. The van der Waals surface area contributed by atoms with E-state index >= 15 is 0 Å². The van der Waals surface area contributed by atoms with E-state index < -0.39 is 20.4 Å². The van der Waals surface area contributed by atoms with E-state index in [1.807, 2.05) is 0 Å². The number of ether oxygens (including phenoxy) is 1. The zero-order valence-corrected chi connectivity index (χ0v) is 14.8. The molecule has 2 aromatic carbocycles. The molecule has 3 aromatic rings. The number of hydrogen-bond acceptors (Lipinski definition) is 5. The van der Waals surface area contributed by atoms with Crippen molar-refractivity contribution in [1.29, 1.82) is 0 Å². The smallest absolute Gasteiger partial charge is 0.435 e. The number of aromatic amines is 1. The Morgan fingerprint density at radius 1 is 1.14 bits per heavy atom. The number of phosphoric ester groups is 1. The normalized spacial score (nSPS) is 12.0. The molecule has 0 bridgehead atoms. The Hall–Kier alpha value is -3.07. The second kappa shape index (κ2) is 7.89. The second-order valence-corrected chi connectivity index (χ2v) is 6.64. The maximum atomic E-state index is 12.1. The minimum Gasteiger partial charge on any atom is -0.435 e. The number of alkyl halides is 2. The number of aromatic nitrogens is 2. The van der Waals surface area contributed by atoms with Gasteiger partial charge in [-0.15, -0.1) is 0 Å². The first kappa shape index (κ1) is 19.7. The van der Waals surface area contributed by atoms with Crippen LogP contribution in [0.15, 0.2) is 42.5 Å². The van der Waals surface area contributed by atoms with Crippen molar-refractivity contribution in [2.75, 3.05) is 0 Å². The minimum atomic E-state index is -4.98.